The maximum Gasteiger partial charge on any atom is 0.229 e. The van der Waals surface area contributed by atoms with Crippen molar-refractivity contribution in [1.82, 2.24) is 10.2 Å². The molecule has 1 amide bonds. The fourth-order valence-electron chi connectivity index (χ4n) is 1.62. The van der Waals surface area contributed by atoms with Gasteiger partial charge in [0, 0.05) is 0 Å². The molecule has 1 atom stereocenters. The molecule has 1 unspecified atom stereocenters. The lowest BCUT2D eigenvalue weighted by Gasteiger charge is -2.07. The van der Waals surface area contributed by atoms with E-state index in [1.807, 2.05) is 0 Å². The summed E-state index contributed by atoms with van der Waals surface area (Å²) in [6.45, 7) is 0. The highest BCUT2D eigenvalue weighted by atomic mass is 32.2. The Morgan fingerprint density at radius 1 is 1.62 bits per heavy atom. The van der Waals surface area contributed by atoms with Gasteiger partial charge in [0.05, 0.1) is 29.3 Å². The second-order valence-electron chi connectivity index (χ2n) is 3.79. The first-order chi connectivity index (χ1) is 7.48. The van der Waals surface area contributed by atoms with E-state index in [1.54, 1.807) is 0 Å². The summed E-state index contributed by atoms with van der Waals surface area (Å²) in [5, 5.41) is 8.69. The van der Waals surface area contributed by atoms with Crippen LogP contribution in [0.2, 0.25) is 0 Å². The average molecular weight is 244 g/mol. The van der Waals surface area contributed by atoms with Crippen molar-refractivity contribution in [3.63, 3.8) is 0 Å². The molecular weight excluding hydrogens is 232 g/mol. The summed E-state index contributed by atoms with van der Waals surface area (Å²) in [5.74, 6) is -0.532. The monoisotopic (exact) mass is 244 g/mol. The Morgan fingerprint density at radius 3 is 2.88 bits per heavy atom. The molecule has 2 rings (SSSR count). The molecule has 1 aromatic heterocycles. The van der Waals surface area contributed by atoms with Gasteiger partial charge in [0.15, 0.2) is 15.7 Å². The number of H-pyrrole nitrogens is 1. The maximum atomic E-state index is 11.7. The van der Waals surface area contributed by atoms with Gasteiger partial charge >= 0.3 is 0 Å². The Labute approximate surface area is 92.3 Å². The first kappa shape index (κ1) is 10.9. The molecule has 88 valence electrons. The molecule has 1 fully saturated rings. The van der Waals surface area contributed by atoms with Gasteiger partial charge in [0.1, 0.15) is 0 Å². The number of hydrogen-bond donors (Lipinski definition) is 3. The number of aromatic nitrogens is 2. The van der Waals surface area contributed by atoms with Gasteiger partial charge in [-0.25, -0.2) is 8.42 Å². The number of aromatic amines is 1. The van der Waals surface area contributed by atoms with Crippen LogP contribution in [0.5, 0.6) is 0 Å². The molecule has 1 aromatic rings. The van der Waals surface area contributed by atoms with E-state index in [9.17, 15) is 13.2 Å². The summed E-state index contributed by atoms with van der Waals surface area (Å²) < 4.78 is 22.4. The third-order valence-electron chi connectivity index (χ3n) is 2.52. The quantitative estimate of drug-likeness (QED) is 0.639. The lowest BCUT2D eigenvalue weighted by Crippen LogP contribution is -2.24. The number of nitrogens with zero attached hydrogens (tertiary/aromatic N) is 1. The lowest BCUT2D eigenvalue weighted by molar-refractivity contribution is -0.119. The number of hydrogen-bond acceptors (Lipinski definition) is 5. The lowest BCUT2D eigenvalue weighted by atomic mass is 10.1. The van der Waals surface area contributed by atoms with E-state index in [2.05, 4.69) is 15.5 Å². The predicted octanol–water partition coefficient (Wildman–Crippen LogP) is -0.635. The van der Waals surface area contributed by atoms with Crippen LogP contribution < -0.4 is 11.1 Å². The van der Waals surface area contributed by atoms with E-state index in [0.29, 0.717) is 17.9 Å². The van der Waals surface area contributed by atoms with Gasteiger partial charge in [-0.1, -0.05) is 0 Å². The van der Waals surface area contributed by atoms with Crippen LogP contribution in [0.3, 0.4) is 0 Å². The van der Waals surface area contributed by atoms with Crippen LogP contribution in [0.1, 0.15) is 6.42 Å². The fraction of sp³-hybridized carbons (Fsp3) is 0.500. The van der Waals surface area contributed by atoms with Crippen molar-refractivity contribution < 1.29 is 13.2 Å². The number of sulfone groups is 1. The number of amides is 1. The molecule has 2 heterocycles. The average Bonchev–Trinajstić information content (AvgIpc) is 2.74. The minimum Gasteiger partial charge on any atom is -0.394 e. The highest BCUT2D eigenvalue weighted by molar-refractivity contribution is 7.91. The van der Waals surface area contributed by atoms with Crippen molar-refractivity contribution in [2.45, 2.75) is 6.42 Å². The van der Waals surface area contributed by atoms with Crippen LogP contribution in [0.25, 0.3) is 0 Å². The fourth-order valence-corrected chi connectivity index (χ4v) is 3.36. The molecule has 0 radical (unpaired) electrons. The number of rotatable bonds is 2. The molecule has 7 nitrogen and oxygen atoms in total. The van der Waals surface area contributed by atoms with Crippen LogP contribution >= 0.6 is 0 Å². The smallest absolute Gasteiger partial charge is 0.229 e. The molecule has 1 aliphatic heterocycles. The number of anilines is 2. The van der Waals surface area contributed by atoms with E-state index >= 15 is 0 Å². The normalized spacial score (nSPS) is 23.1. The summed E-state index contributed by atoms with van der Waals surface area (Å²) in [6.07, 6.45) is 1.74. The van der Waals surface area contributed by atoms with Gasteiger partial charge in [-0.2, -0.15) is 5.10 Å². The minimum absolute atomic E-state index is 0.0730. The van der Waals surface area contributed by atoms with Crippen LogP contribution in [0.4, 0.5) is 11.5 Å². The van der Waals surface area contributed by atoms with E-state index in [1.165, 1.54) is 6.20 Å². The number of carbonyl (C=O) groups is 1. The number of nitrogens with one attached hydrogen (secondary N) is 2. The summed E-state index contributed by atoms with van der Waals surface area (Å²) in [6, 6.07) is 0. The van der Waals surface area contributed by atoms with E-state index < -0.39 is 15.8 Å². The van der Waals surface area contributed by atoms with Crippen LogP contribution in [-0.4, -0.2) is 36.0 Å². The first-order valence-electron chi connectivity index (χ1n) is 4.78. The maximum absolute atomic E-state index is 11.7. The number of nitrogens with two attached hydrogens (primary N) is 1. The third-order valence-corrected chi connectivity index (χ3v) is 4.29. The highest BCUT2D eigenvalue weighted by Gasteiger charge is 2.33. The molecule has 0 bridgehead atoms. The first-order valence-corrected chi connectivity index (χ1v) is 6.60. The van der Waals surface area contributed by atoms with E-state index in [0.717, 1.165) is 0 Å². The summed E-state index contributed by atoms with van der Waals surface area (Å²) in [4.78, 5) is 11.7. The van der Waals surface area contributed by atoms with Crippen molar-refractivity contribution in [3.05, 3.63) is 6.20 Å². The van der Waals surface area contributed by atoms with Crippen LogP contribution in [-0.2, 0) is 14.6 Å². The Bertz CT molecular complexity index is 507. The van der Waals surface area contributed by atoms with Gasteiger partial charge in [0.25, 0.3) is 0 Å². The molecule has 0 aliphatic carbocycles. The molecule has 0 saturated carbocycles. The Hall–Kier alpha value is -1.57. The van der Waals surface area contributed by atoms with Gasteiger partial charge in [-0.3, -0.25) is 9.89 Å². The molecule has 4 N–H and O–H groups in total. The van der Waals surface area contributed by atoms with Crippen molar-refractivity contribution in [2.24, 2.45) is 5.92 Å². The Balaban J connectivity index is 2.03. The Kier molecular flexibility index (Phi) is 2.58. The van der Waals surface area contributed by atoms with E-state index in [4.69, 9.17) is 5.73 Å². The molecule has 0 aromatic carbocycles. The Morgan fingerprint density at radius 2 is 2.38 bits per heavy atom. The zero-order valence-electron chi connectivity index (χ0n) is 8.43. The SMILES string of the molecule is Nc1cn[nH]c1NC(=O)C1CCS(=O)(=O)C1. The van der Waals surface area contributed by atoms with Crippen molar-refractivity contribution in [1.29, 1.82) is 0 Å². The molecular formula is C8H12N4O3S. The molecule has 8 heteroatoms. The molecule has 16 heavy (non-hydrogen) atoms. The number of carbonyl (C=O) groups excluding carboxylic acids is 1. The van der Waals surface area contributed by atoms with Crippen molar-refractivity contribution in [2.75, 3.05) is 22.6 Å². The molecule has 0 spiro atoms. The van der Waals surface area contributed by atoms with Gasteiger partial charge < -0.3 is 11.1 Å². The summed E-state index contributed by atoms with van der Waals surface area (Å²) in [7, 11) is -3.05. The van der Waals surface area contributed by atoms with Crippen LogP contribution in [0, 0.1) is 5.92 Å². The molecule has 1 saturated heterocycles. The van der Waals surface area contributed by atoms with Crippen LogP contribution in [0.15, 0.2) is 6.20 Å². The standard InChI is InChI=1S/C8H12N4O3S/c9-6-3-10-12-7(6)11-8(13)5-1-2-16(14,15)4-5/h3,5H,1-2,4,9H2,(H2,10,11,12,13). The predicted molar refractivity (Wildman–Crippen MR) is 58.4 cm³/mol. The zero-order chi connectivity index (χ0) is 11.8. The largest absolute Gasteiger partial charge is 0.394 e. The van der Waals surface area contributed by atoms with E-state index in [-0.39, 0.29) is 17.4 Å². The zero-order valence-corrected chi connectivity index (χ0v) is 9.25. The van der Waals surface area contributed by atoms with Crippen molar-refractivity contribution >= 4 is 27.2 Å². The topological polar surface area (TPSA) is 118 Å². The summed E-state index contributed by atoms with van der Waals surface area (Å²) in [5.41, 5.74) is 5.84. The number of nitrogen functional groups attached to an aromatic ring is 1. The second-order valence-corrected chi connectivity index (χ2v) is 6.02. The minimum atomic E-state index is -3.05. The van der Waals surface area contributed by atoms with Crippen molar-refractivity contribution in [3.8, 4) is 0 Å². The second kappa shape index (κ2) is 3.78. The van der Waals surface area contributed by atoms with Gasteiger partial charge in [-0.15, -0.1) is 0 Å². The molecule has 1 aliphatic rings. The summed E-state index contributed by atoms with van der Waals surface area (Å²) >= 11 is 0. The van der Waals surface area contributed by atoms with Gasteiger partial charge in [0.2, 0.25) is 5.91 Å². The highest BCUT2D eigenvalue weighted by Crippen LogP contribution is 2.21. The third kappa shape index (κ3) is 2.16. The van der Waals surface area contributed by atoms with Gasteiger partial charge in [-0.05, 0) is 6.42 Å².